The molecule has 1 heteroatoms. The Morgan fingerprint density at radius 2 is 2.00 bits per heavy atom. The van der Waals surface area contributed by atoms with E-state index >= 15 is 0 Å². The van der Waals surface area contributed by atoms with E-state index in [1.807, 2.05) is 19.1 Å². The minimum atomic E-state index is -0.637. The Labute approximate surface area is 82.2 Å². The van der Waals surface area contributed by atoms with Gasteiger partial charge >= 0.3 is 0 Å². The van der Waals surface area contributed by atoms with Crippen molar-refractivity contribution < 1.29 is 5.11 Å². The van der Waals surface area contributed by atoms with Crippen molar-refractivity contribution in [2.45, 2.75) is 52.6 Å². The summed E-state index contributed by atoms with van der Waals surface area (Å²) in [5.41, 5.74) is 0.678. The minimum Gasteiger partial charge on any atom is -0.386 e. The van der Waals surface area contributed by atoms with Gasteiger partial charge in [0.15, 0.2) is 0 Å². The van der Waals surface area contributed by atoms with Crippen LogP contribution in [0.1, 0.15) is 47.0 Å². The number of rotatable bonds is 5. The molecule has 0 aliphatic carbocycles. The molecule has 0 saturated heterocycles. The van der Waals surface area contributed by atoms with Gasteiger partial charge in [-0.2, -0.15) is 0 Å². The van der Waals surface area contributed by atoms with Gasteiger partial charge in [0.2, 0.25) is 0 Å². The molecule has 0 heterocycles. The lowest BCUT2D eigenvalue weighted by atomic mass is 9.98. The standard InChI is InChI=1S/C12H22O/c1-5-6-9-12(4,13)10-7-8-11(2)3/h6,8-9,13H,5,7,10H2,1-4H3. The van der Waals surface area contributed by atoms with Crippen LogP contribution in [0.4, 0.5) is 0 Å². The van der Waals surface area contributed by atoms with E-state index in [0.29, 0.717) is 0 Å². The molecular formula is C12H22O. The third kappa shape index (κ3) is 7.79. The molecule has 0 aliphatic rings. The van der Waals surface area contributed by atoms with Crippen LogP contribution in [0.25, 0.3) is 0 Å². The molecule has 0 amide bonds. The highest BCUT2D eigenvalue weighted by molar-refractivity contribution is 5.00. The van der Waals surface area contributed by atoms with E-state index in [0.717, 1.165) is 19.3 Å². The molecule has 0 aromatic rings. The summed E-state index contributed by atoms with van der Waals surface area (Å²) in [7, 11) is 0. The molecule has 0 aromatic carbocycles. The third-order valence-corrected chi connectivity index (χ3v) is 1.92. The Hall–Kier alpha value is -0.560. The average Bonchev–Trinajstić information content (AvgIpc) is 2.00. The molecule has 1 atom stereocenters. The summed E-state index contributed by atoms with van der Waals surface area (Å²) in [6, 6.07) is 0. The molecule has 0 aromatic heterocycles. The molecule has 0 bridgehead atoms. The highest BCUT2D eigenvalue weighted by Gasteiger charge is 2.13. The monoisotopic (exact) mass is 182 g/mol. The maximum Gasteiger partial charge on any atom is 0.0802 e. The zero-order valence-corrected chi connectivity index (χ0v) is 9.30. The second-order valence-electron chi connectivity index (χ2n) is 3.99. The summed E-state index contributed by atoms with van der Waals surface area (Å²) in [5, 5.41) is 9.84. The van der Waals surface area contributed by atoms with Crippen LogP contribution in [0, 0.1) is 0 Å². The van der Waals surface area contributed by atoms with Crippen molar-refractivity contribution in [1.29, 1.82) is 0 Å². The Morgan fingerprint density at radius 3 is 2.46 bits per heavy atom. The second-order valence-corrected chi connectivity index (χ2v) is 3.99. The zero-order valence-electron chi connectivity index (χ0n) is 9.30. The van der Waals surface area contributed by atoms with E-state index < -0.39 is 5.60 Å². The SMILES string of the molecule is CCC=CC(C)(O)CCC=C(C)C. The summed E-state index contributed by atoms with van der Waals surface area (Å²) in [4.78, 5) is 0. The Morgan fingerprint density at radius 1 is 1.38 bits per heavy atom. The molecular weight excluding hydrogens is 160 g/mol. The first-order valence-electron chi connectivity index (χ1n) is 5.01. The van der Waals surface area contributed by atoms with Crippen molar-refractivity contribution in [3.63, 3.8) is 0 Å². The average molecular weight is 182 g/mol. The van der Waals surface area contributed by atoms with Gasteiger partial charge in [-0.05, 0) is 40.0 Å². The highest BCUT2D eigenvalue weighted by Crippen LogP contribution is 2.15. The van der Waals surface area contributed by atoms with Crippen molar-refractivity contribution in [2.24, 2.45) is 0 Å². The number of aliphatic hydroxyl groups is 1. The lowest BCUT2D eigenvalue weighted by Crippen LogP contribution is -2.19. The van der Waals surface area contributed by atoms with E-state index in [4.69, 9.17) is 0 Å². The van der Waals surface area contributed by atoms with Gasteiger partial charge in [-0.25, -0.2) is 0 Å². The Kier molecular flexibility index (Phi) is 5.72. The van der Waals surface area contributed by atoms with Crippen molar-refractivity contribution in [3.8, 4) is 0 Å². The topological polar surface area (TPSA) is 20.2 Å². The van der Waals surface area contributed by atoms with Gasteiger partial charge in [0.25, 0.3) is 0 Å². The van der Waals surface area contributed by atoms with E-state index in [9.17, 15) is 5.11 Å². The molecule has 1 unspecified atom stereocenters. The van der Waals surface area contributed by atoms with Crippen LogP contribution in [0.5, 0.6) is 0 Å². The van der Waals surface area contributed by atoms with E-state index in [1.54, 1.807) is 0 Å². The number of hydrogen-bond donors (Lipinski definition) is 1. The summed E-state index contributed by atoms with van der Waals surface area (Å²) < 4.78 is 0. The fourth-order valence-corrected chi connectivity index (χ4v) is 1.11. The molecule has 1 nitrogen and oxygen atoms in total. The maximum atomic E-state index is 9.84. The molecule has 1 N–H and O–H groups in total. The molecule has 0 aliphatic heterocycles. The minimum absolute atomic E-state index is 0.637. The van der Waals surface area contributed by atoms with Gasteiger partial charge in [0.05, 0.1) is 5.60 Å². The molecule has 0 spiro atoms. The van der Waals surface area contributed by atoms with Crippen LogP contribution in [0.3, 0.4) is 0 Å². The summed E-state index contributed by atoms with van der Waals surface area (Å²) in [6.45, 7) is 8.09. The second kappa shape index (κ2) is 5.98. The zero-order chi connectivity index (χ0) is 10.3. The lowest BCUT2D eigenvalue weighted by Gasteiger charge is -2.17. The summed E-state index contributed by atoms with van der Waals surface area (Å²) in [5.74, 6) is 0. The quantitative estimate of drug-likeness (QED) is 0.646. The van der Waals surface area contributed by atoms with Crippen molar-refractivity contribution >= 4 is 0 Å². The smallest absolute Gasteiger partial charge is 0.0802 e. The van der Waals surface area contributed by atoms with Crippen LogP contribution in [-0.4, -0.2) is 10.7 Å². The van der Waals surface area contributed by atoms with E-state index in [2.05, 4.69) is 26.8 Å². The highest BCUT2D eigenvalue weighted by atomic mass is 16.3. The third-order valence-electron chi connectivity index (χ3n) is 1.92. The first-order chi connectivity index (χ1) is 5.98. The largest absolute Gasteiger partial charge is 0.386 e. The predicted molar refractivity (Wildman–Crippen MR) is 58.7 cm³/mol. The van der Waals surface area contributed by atoms with Crippen molar-refractivity contribution in [1.82, 2.24) is 0 Å². The first kappa shape index (κ1) is 12.4. The Balaban J connectivity index is 3.89. The number of hydrogen-bond acceptors (Lipinski definition) is 1. The summed E-state index contributed by atoms with van der Waals surface area (Å²) >= 11 is 0. The van der Waals surface area contributed by atoms with Crippen molar-refractivity contribution in [3.05, 3.63) is 23.8 Å². The molecule has 0 radical (unpaired) electrons. The van der Waals surface area contributed by atoms with Crippen LogP contribution in [0.15, 0.2) is 23.8 Å². The van der Waals surface area contributed by atoms with E-state index in [-0.39, 0.29) is 0 Å². The lowest BCUT2D eigenvalue weighted by molar-refractivity contribution is 0.103. The van der Waals surface area contributed by atoms with Crippen LogP contribution >= 0.6 is 0 Å². The molecule has 0 saturated carbocycles. The van der Waals surface area contributed by atoms with Crippen molar-refractivity contribution in [2.75, 3.05) is 0 Å². The van der Waals surface area contributed by atoms with Crippen LogP contribution < -0.4 is 0 Å². The molecule has 0 fully saturated rings. The van der Waals surface area contributed by atoms with Gasteiger partial charge in [0, 0.05) is 0 Å². The molecule has 76 valence electrons. The van der Waals surface area contributed by atoms with Crippen LogP contribution in [0.2, 0.25) is 0 Å². The Bertz CT molecular complexity index is 183. The van der Waals surface area contributed by atoms with Gasteiger partial charge in [-0.15, -0.1) is 0 Å². The molecule has 13 heavy (non-hydrogen) atoms. The van der Waals surface area contributed by atoms with Gasteiger partial charge in [0.1, 0.15) is 0 Å². The van der Waals surface area contributed by atoms with Crippen LogP contribution in [-0.2, 0) is 0 Å². The fraction of sp³-hybridized carbons (Fsp3) is 0.667. The number of allylic oxidation sites excluding steroid dienone is 3. The normalized spacial score (nSPS) is 15.8. The fourth-order valence-electron chi connectivity index (χ4n) is 1.11. The van der Waals surface area contributed by atoms with E-state index in [1.165, 1.54) is 5.57 Å². The molecule has 0 rings (SSSR count). The van der Waals surface area contributed by atoms with Gasteiger partial charge in [-0.1, -0.05) is 30.7 Å². The predicted octanol–water partition coefficient (Wildman–Crippen LogP) is 3.45. The summed E-state index contributed by atoms with van der Waals surface area (Å²) in [6.07, 6.45) is 8.81. The first-order valence-corrected chi connectivity index (χ1v) is 5.01. The van der Waals surface area contributed by atoms with Gasteiger partial charge < -0.3 is 5.11 Å². The van der Waals surface area contributed by atoms with Gasteiger partial charge in [-0.3, -0.25) is 0 Å². The maximum absolute atomic E-state index is 9.84.